The molecule has 0 bridgehead atoms. The van der Waals surface area contributed by atoms with Crippen molar-refractivity contribution in [1.82, 2.24) is 10.0 Å². The van der Waals surface area contributed by atoms with Crippen LogP contribution in [0.25, 0.3) is 0 Å². The molecule has 6 nitrogen and oxygen atoms in total. The fraction of sp³-hybridized carbons (Fsp3) is 0.273. The van der Waals surface area contributed by atoms with Gasteiger partial charge < -0.3 is 5.32 Å². The first kappa shape index (κ1) is 15.5. The van der Waals surface area contributed by atoms with Crippen molar-refractivity contribution in [3.05, 3.63) is 29.3 Å². The molecule has 8 heteroatoms. The maximum Gasteiger partial charge on any atom is 0.264 e. The van der Waals surface area contributed by atoms with Gasteiger partial charge in [0.15, 0.2) is 0 Å². The van der Waals surface area contributed by atoms with Gasteiger partial charge in [-0.25, -0.2) is 13.1 Å². The Labute approximate surface area is 116 Å². The Morgan fingerprint density at radius 1 is 1.32 bits per heavy atom. The zero-order chi connectivity index (χ0) is 14.5. The standard InChI is InChI=1S/C11H13ClN2O4S/c1-8(15)13-6-5-11(16)14-19(17,18)10-4-2-3-9(12)7-10/h2-4,7H,5-6H2,1H3,(H,13,15)(H,14,16). The van der Waals surface area contributed by atoms with Crippen molar-refractivity contribution >= 4 is 33.4 Å². The van der Waals surface area contributed by atoms with Gasteiger partial charge in [-0.05, 0) is 18.2 Å². The molecule has 19 heavy (non-hydrogen) atoms. The zero-order valence-corrected chi connectivity index (χ0v) is 11.7. The highest BCUT2D eigenvalue weighted by atomic mass is 35.5. The minimum Gasteiger partial charge on any atom is -0.356 e. The molecular weight excluding hydrogens is 292 g/mol. The average Bonchev–Trinajstić information content (AvgIpc) is 2.27. The first-order valence-electron chi connectivity index (χ1n) is 5.37. The number of carbonyl (C=O) groups excluding carboxylic acids is 2. The lowest BCUT2D eigenvalue weighted by atomic mass is 10.4. The van der Waals surface area contributed by atoms with E-state index in [0.717, 1.165) is 0 Å². The number of nitrogens with one attached hydrogen (secondary N) is 2. The van der Waals surface area contributed by atoms with E-state index in [0.29, 0.717) is 0 Å². The molecule has 0 aromatic heterocycles. The maximum atomic E-state index is 11.8. The third-order valence-corrected chi connectivity index (χ3v) is 3.69. The fourth-order valence-electron chi connectivity index (χ4n) is 1.25. The number of sulfonamides is 1. The molecule has 104 valence electrons. The molecule has 0 aliphatic heterocycles. The Bertz CT molecular complexity index is 586. The molecule has 2 N–H and O–H groups in total. The zero-order valence-electron chi connectivity index (χ0n) is 10.1. The molecule has 0 spiro atoms. The van der Waals surface area contributed by atoms with Crippen LogP contribution < -0.4 is 10.0 Å². The summed E-state index contributed by atoms with van der Waals surface area (Å²) in [5.74, 6) is -0.987. The topological polar surface area (TPSA) is 92.3 Å². The van der Waals surface area contributed by atoms with Crippen LogP contribution in [-0.2, 0) is 19.6 Å². The number of carbonyl (C=O) groups is 2. The van der Waals surface area contributed by atoms with Gasteiger partial charge in [0, 0.05) is 24.9 Å². The van der Waals surface area contributed by atoms with Crippen LogP contribution in [0.15, 0.2) is 29.2 Å². The Balaban J connectivity index is 2.65. The van der Waals surface area contributed by atoms with Gasteiger partial charge in [-0.3, -0.25) is 9.59 Å². The van der Waals surface area contributed by atoms with Crippen LogP contribution in [-0.4, -0.2) is 26.8 Å². The fourth-order valence-corrected chi connectivity index (χ4v) is 2.56. The number of amides is 2. The number of benzene rings is 1. The summed E-state index contributed by atoms with van der Waals surface area (Å²) in [6.07, 6.45) is -0.126. The third-order valence-electron chi connectivity index (χ3n) is 2.08. The Kier molecular flexibility index (Phi) is 5.31. The van der Waals surface area contributed by atoms with Gasteiger partial charge in [0.2, 0.25) is 11.8 Å². The minimum absolute atomic E-state index is 0.0756. The second-order valence-corrected chi connectivity index (χ2v) is 5.84. The van der Waals surface area contributed by atoms with E-state index in [-0.39, 0.29) is 28.8 Å². The normalized spacial score (nSPS) is 10.8. The van der Waals surface area contributed by atoms with E-state index in [2.05, 4.69) is 5.32 Å². The number of hydrogen-bond acceptors (Lipinski definition) is 4. The van der Waals surface area contributed by atoms with E-state index in [4.69, 9.17) is 11.6 Å². The van der Waals surface area contributed by atoms with Crippen LogP contribution in [0.3, 0.4) is 0 Å². The van der Waals surface area contributed by atoms with Gasteiger partial charge in [-0.15, -0.1) is 0 Å². The average molecular weight is 305 g/mol. The lowest BCUT2D eigenvalue weighted by Crippen LogP contribution is -2.33. The SMILES string of the molecule is CC(=O)NCCC(=O)NS(=O)(=O)c1cccc(Cl)c1. The van der Waals surface area contributed by atoms with Gasteiger partial charge in [0.25, 0.3) is 10.0 Å². The lowest BCUT2D eigenvalue weighted by molar-refractivity contribution is -0.120. The van der Waals surface area contributed by atoms with E-state index in [1.54, 1.807) is 0 Å². The van der Waals surface area contributed by atoms with Crippen LogP contribution in [0.5, 0.6) is 0 Å². The van der Waals surface area contributed by atoms with Crippen LogP contribution in [0.1, 0.15) is 13.3 Å². The summed E-state index contributed by atoms with van der Waals surface area (Å²) in [5.41, 5.74) is 0. The van der Waals surface area contributed by atoms with Crippen molar-refractivity contribution < 1.29 is 18.0 Å². The molecule has 0 fully saturated rings. The second kappa shape index (κ2) is 6.53. The van der Waals surface area contributed by atoms with E-state index in [9.17, 15) is 18.0 Å². The van der Waals surface area contributed by atoms with Crippen molar-refractivity contribution in [2.75, 3.05) is 6.54 Å². The van der Waals surface area contributed by atoms with Gasteiger partial charge in [0.05, 0.1) is 4.90 Å². The summed E-state index contributed by atoms with van der Waals surface area (Å²) in [6.45, 7) is 1.38. The molecule has 0 radical (unpaired) electrons. The summed E-state index contributed by atoms with van der Waals surface area (Å²) in [4.78, 5) is 21.9. The smallest absolute Gasteiger partial charge is 0.264 e. The third kappa shape index (κ3) is 5.27. The number of hydrogen-bond donors (Lipinski definition) is 2. The summed E-state index contributed by atoms with van der Waals surface area (Å²) in [5, 5.41) is 2.65. The summed E-state index contributed by atoms with van der Waals surface area (Å²) in [6, 6.07) is 5.57. The quantitative estimate of drug-likeness (QED) is 0.836. The van der Waals surface area contributed by atoms with Crippen molar-refractivity contribution in [2.24, 2.45) is 0 Å². The molecule has 1 aromatic carbocycles. The lowest BCUT2D eigenvalue weighted by Gasteiger charge is -2.07. The highest BCUT2D eigenvalue weighted by molar-refractivity contribution is 7.90. The molecule has 0 aliphatic carbocycles. The van der Waals surface area contributed by atoms with Crippen LogP contribution in [0.4, 0.5) is 0 Å². The van der Waals surface area contributed by atoms with Gasteiger partial charge in [-0.1, -0.05) is 17.7 Å². The first-order valence-corrected chi connectivity index (χ1v) is 7.23. The first-order chi connectivity index (χ1) is 8.81. The highest BCUT2D eigenvalue weighted by Gasteiger charge is 2.17. The van der Waals surface area contributed by atoms with Crippen LogP contribution in [0, 0.1) is 0 Å². The Hall–Kier alpha value is -1.60. The monoisotopic (exact) mass is 304 g/mol. The molecule has 0 atom stereocenters. The summed E-state index contributed by atoms with van der Waals surface area (Å²) >= 11 is 5.68. The van der Waals surface area contributed by atoms with E-state index >= 15 is 0 Å². The van der Waals surface area contributed by atoms with Crippen molar-refractivity contribution in [1.29, 1.82) is 0 Å². The van der Waals surface area contributed by atoms with Crippen LogP contribution >= 0.6 is 11.6 Å². The molecule has 2 amide bonds. The second-order valence-electron chi connectivity index (χ2n) is 3.72. The largest absolute Gasteiger partial charge is 0.356 e. The van der Waals surface area contributed by atoms with E-state index < -0.39 is 15.9 Å². The Morgan fingerprint density at radius 2 is 2.00 bits per heavy atom. The molecule has 0 aliphatic rings. The predicted octanol–water partition coefficient (Wildman–Crippen LogP) is 0.671. The highest BCUT2D eigenvalue weighted by Crippen LogP contribution is 2.15. The maximum absolute atomic E-state index is 11.8. The summed E-state index contributed by atoms with van der Waals surface area (Å²) < 4.78 is 25.5. The molecular formula is C11H13ClN2O4S. The molecule has 1 rings (SSSR count). The number of rotatable bonds is 5. The molecule has 0 heterocycles. The summed E-state index contributed by atoms with van der Waals surface area (Å²) in [7, 11) is -3.93. The van der Waals surface area contributed by atoms with Crippen LogP contribution in [0.2, 0.25) is 5.02 Å². The van der Waals surface area contributed by atoms with Gasteiger partial charge in [-0.2, -0.15) is 0 Å². The van der Waals surface area contributed by atoms with Crippen molar-refractivity contribution in [2.45, 2.75) is 18.2 Å². The molecule has 0 unspecified atom stereocenters. The van der Waals surface area contributed by atoms with E-state index in [1.807, 2.05) is 4.72 Å². The number of halogens is 1. The van der Waals surface area contributed by atoms with Gasteiger partial charge in [0.1, 0.15) is 0 Å². The minimum atomic E-state index is -3.93. The van der Waals surface area contributed by atoms with E-state index in [1.165, 1.54) is 31.2 Å². The van der Waals surface area contributed by atoms with Crippen molar-refractivity contribution in [3.8, 4) is 0 Å². The van der Waals surface area contributed by atoms with Gasteiger partial charge >= 0.3 is 0 Å². The molecule has 0 saturated heterocycles. The Morgan fingerprint density at radius 3 is 2.58 bits per heavy atom. The predicted molar refractivity (Wildman–Crippen MR) is 70.1 cm³/mol. The molecule has 0 saturated carbocycles. The molecule has 1 aromatic rings. The van der Waals surface area contributed by atoms with Crippen molar-refractivity contribution in [3.63, 3.8) is 0 Å².